The largest absolute Gasteiger partial charge is 0.355 e. The Bertz CT molecular complexity index is 243. The van der Waals surface area contributed by atoms with Gasteiger partial charge >= 0.3 is 0 Å². The summed E-state index contributed by atoms with van der Waals surface area (Å²) in [5.74, 6) is -0.104. The van der Waals surface area contributed by atoms with Crippen LogP contribution in [0.5, 0.6) is 0 Å². The van der Waals surface area contributed by atoms with Crippen LogP contribution in [-0.4, -0.2) is 22.7 Å². The summed E-state index contributed by atoms with van der Waals surface area (Å²) in [6.45, 7) is 8.00. The second-order valence-electron chi connectivity index (χ2n) is 1.98. The van der Waals surface area contributed by atoms with Gasteiger partial charge in [0, 0.05) is 20.3 Å². The van der Waals surface area contributed by atoms with Crippen molar-refractivity contribution in [3.63, 3.8) is 0 Å². The molecule has 1 aromatic rings. The van der Waals surface area contributed by atoms with E-state index in [2.05, 4.69) is 10.4 Å². The summed E-state index contributed by atoms with van der Waals surface area (Å²) in [4.78, 5) is 10.9. The van der Waals surface area contributed by atoms with Crippen molar-refractivity contribution in [3.05, 3.63) is 18.0 Å². The highest BCUT2D eigenvalue weighted by Gasteiger charge is 2.02. The minimum Gasteiger partial charge on any atom is -0.355 e. The molecule has 4 heteroatoms. The maximum Gasteiger partial charge on any atom is 0.254 e. The van der Waals surface area contributed by atoms with Gasteiger partial charge in [-0.15, -0.1) is 0 Å². The Kier molecular flexibility index (Phi) is 10.6. The molecule has 1 rings (SSSR count). The second-order valence-corrected chi connectivity index (χ2v) is 1.98. The van der Waals surface area contributed by atoms with E-state index in [0.717, 1.165) is 0 Å². The Morgan fingerprint density at radius 2 is 1.86 bits per heavy atom. The number of carbonyl (C=O) groups is 1. The molecule has 0 atom stereocenters. The molecule has 0 saturated carbocycles. The van der Waals surface area contributed by atoms with Gasteiger partial charge in [0.15, 0.2) is 0 Å². The van der Waals surface area contributed by atoms with Gasteiger partial charge in [-0.05, 0) is 0 Å². The second kappa shape index (κ2) is 9.77. The third-order valence-corrected chi connectivity index (χ3v) is 1.19. The van der Waals surface area contributed by atoms with Crippen LogP contribution in [0.15, 0.2) is 12.4 Å². The first kappa shape index (κ1) is 15.2. The van der Waals surface area contributed by atoms with Crippen LogP contribution in [-0.2, 0) is 7.05 Å². The zero-order valence-corrected chi connectivity index (χ0v) is 9.96. The van der Waals surface area contributed by atoms with Crippen molar-refractivity contribution in [1.29, 1.82) is 0 Å². The highest BCUT2D eigenvalue weighted by molar-refractivity contribution is 5.93. The van der Waals surface area contributed by atoms with Crippen molar-refractivity contribution in [1.82, 2.24) is 15.1 Å². The lowest BCUT2D eigenvalue weighted by atomic mass is 10.3. The molecular weight excluding hydrogens is 178 g/mol. The fraction of sp³-hybridized carbons (Fsp3) is 0.600. The van der Waals surface area contributed by atoms with Crippen molar-refractivity contribution >= 4 is 5.91 Å². The van der Waals surface area contributed by atoms with Crippen molar-refractivity contribution in [3.8, 4) is 0 Å². The minimum absolute atomic E-state index is 0.104. The van der Waals surface area contributed by atoms with Crippen molar-refractivity contribution in [2.45, 2.75) is 27.7 Å². The van der Waals surface area contributed by atoms with E-state index < -0.39 is 0 Å². The number of nitrogens with zero attached hydrogens (tertiary/aromatic N) is 2. The summed E-state index contributed by atoms with van der Waals surface area (Å²) in [6.07, 6.45) is 3.19. The summed E-state index contributed by atoms with van der Waals surface area (Å²) in [5, 5.41) is 6.34. The van der Waals surface area contributed by atoms with Gasteiger partial charge in [0.2, 0.25) is 0 Å². The molecular formula is C10H21N3O. The predicted octanol–water partition coefficient (Wildman–Crippen LogP) is 1.83. The molecule has 0 unspecified atom stereocenters. The molecule has 0 radical (unpaired) electrons. The van der Waals surface area contributed by atoms with Crippen LogP contribution in [0.4, 0.5) is 0 Å². The number of aromatic nitrogens is 2. The van der Waals surface area contributed by atoms with Gasteiger partial charge in [-0.2, -0.15) is 5.10 Å². The van der Waals surface area contributed by atoms with Gasteiger partial charge in [-0.25, -0.2) is 0 Å². The molecule has 1 aromatic heterocycles. The first-order valence-electron chi connectivity index (χ1n) is 4.95. The van der Waals surface area contributed by atoms with E-state index in [1.165, 1.54) is 6.20 Å². The average molecular weight is 199 g/mol. The van der Waals surface area contributed by atoms with Crippen LogP contribution >= 0.6 is 0 Å². The number of amides is 1. The molecule has 0 aliphatic carbocycles. The Balaban J connectivity index is 0. The zero-order valence-electron chi connectivity index (χ0n) is 9.96. The number of hydrogen-bond acceptors (Lipinski definition) is 2. The molecule has 0 bridgehead atoms. The van der Waals surface area contributed by atoms with Crippen LogP contribution in [0.1, 0.15) is 38.1 Å². The topological polar surface area (TPSA) is 46.9 Å². The lowest BCUT2D eigenvalue weighted by molar-refractivity contribution is 0.0963. The van der Waals surface area contributed by atoms with Crippen molar-refractivity contribution in [2.24, 2.45) is 7.05 Å². The summed E-state index contributed by atoms with van der Waals surface area (Å²) in [5.41, 5.74) is 0.588. The van der Waals surface area contributed by atoms with E-state index in [0.29, 0.717) is 5.56 Å². The predicted molar refractivity (Wildman–Crippen MR) is 59.3 cm³/mol. The summed E-state index contributed by atoms with van der Waals surface area (Å²) in [6, 6.07) is 0. The monoisotopic (exact) mass is 199 g/mol. The van der Waals surface area contributed by atoms with E-state index in [-0.39, 0.29) is 5.91 Å². The highest BCUT2D eigenvalue weighted by Crippen LogP contribution is 1.93. The SMILES string of the molecule is CC.CC.CNC(=O)c1cnn(C)c1. The smallest absolute Gasteiger partial charge is 0.254 e. The Morgan fingerprint density at radius 1 is 1.36 bits per heavy atom. The van der Waals surface area contributed by atoms with E-state index >= 15 is 0 Å². The van der Waals surface area contributed by atoms with Gasteiger partial charge in [0.1, 0.15) is 0 Å². The van der Waals surface area contributed by atoms with Gasteiger partial charge in [-0.3, -0.25) is 9.48 Å². The Labute approximate surface area is 86.3 Å². The molecule has 0 aliphatic heterocycles. The van der Waals surface area contributed by atoms with Crippen LogP contribution in [0, 0.1) is 0 Å². The molecule has 1 N–H and O–H groups in total. The first-order valence-corrected chi connectivity index (χ1v) is 4.95. The molecule has 0 fully saturated rings. The van der Waals surface area contributed by atoms with Gasteiger partial charge < -0.3 is 5.32 Å². The van der Waals surface area contributed by atoms with Gasteiger partial charge in [0.05, 0.1) is 11.8 Å². The number of hydrogen-bond donors (Lipinski definition) is 1. The first-order chi connectivity index (χ1) is 6.74. The number of nitrogens with one attached hydrogen (secondary N) is 1. The molecule has 1 heterocycles. The van der Waals surface area contributed by atoms with E-state index in [1.807, 2.05) is 27.7 Å². The molecule has 0 saturated heterocycles. The van der Waals surface area contributed by atoms with Gasteiger partial charge in [0.25, 0.3) is 5.91 Å². The number of rotatable bonds is 1. The summed E-state index contributed by atoms with van der Waals surface area (Å²) < 4.78 is 1.59. The molecule has 14 heavy (non-hydrogen) atoms. The maximum atomic E-state index is 10.9. The molecule has 4 nitrogen and oxygen atoms in total. The zero-order chi connectivity index (χ0) is 11.6. The van der Waals surface area contributed by atoms with Crippen LogP contribution < -0.4 is 5.32 Å². The molecule has 0 aromatic carbocycles. The normalized spacial score (nSPS) is 7.57. The standard InChI is InChI=1S/C6H9N3O.2C2H6/c1-7-6(10)5-3-8-9(2)4-5;2*1-2/h3-4H,1-2H3,(H,7,10);2*1-2H3. The van der Waals surface area contributed by atoms with E-state index in [4.69, 9.17) is 0 Å². The lowest BCUT2D eigenvalue weighted by Gasteiger charge is -1.90. The number of carbonyl (C=O) groups excluding carboxylic acids is 1. The summed E-state index contributed by atoms with van der Waals surface area (Å²) in [7, 11) is 3.36. The lowest BCUT2D eigenvalue weighted by Crippen LogP contribution is -2.16. The molecule has 0 spiro atoms. The van der Waals surface area contributed by atoms with Crippen molar-refractivity contribution in [2.75, 3.05) is 7.05 Å². The molecule has 1 amide bonds. The highest BCUT2D eigenvalue weighted by atomic mass is 16.1. The summed E-state index contributed by atoms with van der Waals surface area (Å²) >= 11 is 0. The van der Waals surface area contributed by atoms with Crippen molar-refractivity contribution < 1.29 is 4.79 Å². The molecule has 82 valence electrons. The third kappa shape index (κ3) is 5.35. The third-order valence-electron chi connectivity index (χ3n) is 1.19. The van der Waals surface area contributed by atoms with Crippen LogP contribution in [0.3, 0.4) is 0 Å². The molecule has 0 aliphatic rings. The fourth-order valence-electron chi connectivity index (χ4n) is 0.683. The number of aryl methyl sites for hydroxylation is 1. The van der Waals surface area contributed by atoms with E-state index in [9.17, 15) is 4.79 Å². The van der Waals surface area contributed by atoms with Gasteiger partial charge in [-0.1, -0.05) is 27.7 Å². The van der Waals surface area contributed by atoms with Crippen LogP contribution in [0.2, 0.25) is 0 Å². The Morgan fingerprint density at radius 3 is 2.14 bits per heavy atom. The Hall–Kier alpha value is -1.32. The quantitative estimate of drug-likeness (QED) is 0.750. The van der Waals surface area contributed by atoms with E-state index in [1.54, 1.807) is 25.0 Å². The average Bonchev–Trinajstić information content (AvgIpc) is 2.69. The minimum atomic E-state index is -0.104. The van der Waals surface area contributed by atoms with Crippen LogP contribution in [0.25, 0.3) is 0 Å². The maximum absolute atomic E-state index is 10.9. The fourth-order valence-corrected chi connectivity index (χ4v) is 0.683.